The molecule has 0 radical (unpaired) electrons. The Morgan fingerprint density at radius 3 is 2.62 bits per heavy atom. The zero-order valence-corrected chi connectivity index (χ0v) is 11.8. The van der Waals surface area contributed by atoms with Crippen LogP contribution < -0.4 is 4.74 Å². The maximum Gasteiger partial charge on any atom is 0.308 e. The highest BCUT2D eigenvalue weighted by atomic mass is 19.1. The molecule has 1 aromatic carbocycles. The number of carbonyl (C=O) groups excluding carboxylic acids is 1. The summed E-state index contributed by atoms with van der Waals surface area (Å²) < 4.78 is 18.1. The molecule has 1 saturated heterocycles. The molecule has 5 nitrogen and oxygen atoms in total. The van der Waals surface area contributed by atoms with E-state index >= 15 is 0 Å². The molecule has 1 aliphatic heterocycles. The number of amides is 1. The Morgan fingerprint density at radius 1 is 1.33 bits per heavy atom. The van der Waals surface area contributed by atoms with Gasteiger partial charge in [0.25, 0.3) is 5.91 Å². The average molecular weight is 295 g/mol. The first kappa shape index (κ1) is 15.3. The van der Waals surface area contributed by atoms with Gasteiger partial charge in [-0.05, 0) is 44.0 Å². The first-order valence-corrected chi connectivity index (χ1v) is 6.88. The van der Waals surface area contributed by atoms with Gasteiger partial charge in [0.15, 0.2) is 6.61 Å². The van der Waals surface area contributed by atoms with Crippen molar-refractivity contribution in [2.45, 2.75) is 25.8 Å². The monoisotopic (exact) mass is 295 g/mol. The Bertz CT molecular complexity index is 517. The predicted molar refractivity (Wildman–Crippen MR) is 73.4 cm³/mol. The van der Waals surface area contributed by atoms with Gasteiger partial charge in [0, 0.05) is 12.6 Å². The largest absolute Gasteiger partial charge is 0.484 e. The normalized spacial score (nSPS) is 21.9. The van der Waals surface area contributed by atoms with Crippen LogP contribution in [0.3, 0.4) is 0 Å². The maximum atomic E-state index is 12.8. The van der Waals surface area contributed by atoms with Gasteiger partial charge in [-0.3, -0.25) is 9.59 Å². The Hall–Kier alpha value is -2.11. The number of halogens is 1. The molecule has 1 amide bonds. The lowest BCUT2D eigenvalue weighted by atomic mass is 9.93. The van der Waals surface area contributed by atoms with Crippen molar-refractivity contribution in [1.82, 2.24) is 4.90 Å². The molecule has 1 fully saturated rings. The van der Waals surface area contributed by atoms with Gasteiger partial charge in [-0.1, -0.05) is 0 Å². The van der Waals surface area contributed by atoms with Crippen molar-refractivity contribution in [2.24, 2.45) is 5.92 Å². The van der Waals surface area contributed by atoms with Crippen molar-refractivity contribution in [1.29, 1.82) is 0 Å². The summed E-state index contributed by atoms with van der Waals surface area (Å²) in [4.78, 5) is 24.7. The topological polar surface area (TPSA) is 66.8 Å². The number of carboxylic acid groups (broad SMARTS) is 1. The van der Waals surface area contributed by atoms with Crippen molar-refractivity contribution < 1.29 is 23.8 Å². The summed E-state index contributed by atoms with van der Waals surface area (Å²) in [6.45, 7) is 1.93. The number of rotatable bonds is 4. The molecule has 114 valence electrons. The number of piperidine rings is 1. The molecule has 1 aromatic rings. The van der Waals surface area contributed by atoms with Crippen LogP contribution in [0.2, 0.25) is 0 Å². The molecule has 1 N–H and O–H groups in total. The lowest BCUT2D eigenvalue weighted by Crippen LogP contribution is -2.49. The summed E-state index contributed by atoms with van der Waals surface area (Å²) in [5, 5.41) is 9.05. The molecule has 2 rings (SSSR count). The minimum absolute atomic E-state index is 0.00455. The van der Waals surface area contributed by atoms with E-state index in [1.807, 2.05) is 6.92 Å². The van der Waals surface area contributed by atoms with Gasteiger partial charge in [0.2, 0.25) is 0 Å². The summed E-state index contributed by atoms with van der Waals surface area (Å²) in [7, 11) is 0. The van der Waals surface area contributed by atoms with E-state index in [4.69, 9.17) is 9.84 Å². The van der Waals surface area contributed by atoms with Crippen LogP contribution in [-0.4, -0.2) is 41.1 Å². The SMILES string of the molecule is CC1CCC(C(=O)O)CN1C(=O)COc1ccc(F)cc1. The number of aliphatic carboxylic acids is 1. The Kier molecular flexibility index (Phi) is 4.77. The molecule has 0 aromatic heterocycles. The van der Waals surface area contributed by atoms with E-state index in [9.17, 15) is 14.0 Å². The van der Waals surface area contributed by atoms with Crippen LogP contribution in [-0.2, 0) is 9.59 Å². The van der Waals surface area contributed by atoms with E-state index in [2.05, 4.69) is 0 Å². The molecule has 6 heteroatoms. The van der Waals surface area contributed by atoms with Gasteiger partial charge >= 0.3 is 5.97 Å². The average Bonchev–Trinajstić information content (AvgIpc) is 2.46. The van der Waals surface area contributed by atoms with Crippen LogP contribution in [0.15, 0.2) is 24.3 Å². The maximum absolute atomic E-state index is 12.8. The van der Waals surface area contributed by atoms with E-state index in [0.717, 1.165) is 0 Å². The Labute approximate surface area is 122 Å². The lowest BCUT2D eigenvalue weighted by Gasteiger charge is -2.36. The standard InChI is InChI=1S/C15H18FNO4/c1-10-2-3-11(15(19)20)8-17(10)14(18)9-21-13-6-4-12(16)5-7-13/h4-7,10-11H,2-3,8-9H2,1H3,(H,19,20). The van der Waals surface area contributed by atoms with Gasteiger partial charge in [0.1, 0.15) is 11.6 Å². The van der Waals surface area contributed by atoms with Gasteiger partial charge in [-0.25, -0.2) is 4.39 Å². The highest BCUT2D eigenvalue weighted by Gasteiger charge is 2.32. The quantitative estimate of drug-likeness (QED) is 0.921. The van der Waals surface area contributed by atoms with Crippen LogP contribution in [0, 0.1) is 11.7 Å². The second-order valence-electron chi connectivity index (χ2n) is 5.25. The van der Waals surface area contributed by atoms with Crippen molar-refractivity contribution in [3.63, 3.8) is 0 Å². The molecular weight excluding hydrogens is 277 g/mol. The zero-order chi connectivity index (χ0) is 15.4. The highest BCUT2D eigenvalue weighted by Crippen LogP contribution is 2.22. The van der Waals surface area contributed by atoms with Crippen LogP contribution in [0.25, 0.3) is 0 Å². The summed E-state index contributed by atoms with van der Waals surface area (Å²) in [6.07, 6.45) is 1.25. The minimum Gasteiger partial charge on any atom is -0.484 e. The van der Waals surface area contributed by atoms with Crippen molar-refractivity contribution in [2.75, 3.05) is 13.2 Å². The molecule has 0 spiro atoms. The fraction of sp³-hybridized carbons (Fsp3) is 0.467. The van der Waals surface area contributed by atoms with Gasteiger partial charge < -0.3 is 14.7 Å². The summed E-state index contributed by atoms with van der Waals surface area (Å²) in [5.74, 6) is -1.61. The predicted octanol–water partition coefficient (Wildman–Crippen LogP) is 1.92. The van der Waals surface area contributed by atoms with Crippen LogP contribution in [0.4, 0.5) is 4.39 Å². The number of hydrogen-bond acceptors (Lipinski definition) is 3. The second kappa shape index (κ2) is 6.56. The van der Waals surface area contributed by atoms with E-state index in [0.29, 0.717) is 18.6 Å². The van der Waals surface area contributed by atoms with Gasteiger partial charge in [0.05, 0.1) is 5.92 Å². The summed E-state index contributed by atoms with van der Waals surface area (Å²) >= 11 is 0. The third-order valence-corrected chi connectivity index (χ3v) is 3.73. The lowest BCUT2D eigenvalue weighted by molar-refractivity contribution is -0.147. The van der Waals surface area contributed by atoms with Crippen LogP contribution in [0.5, 0.6) is 5.75 Å². The third kappa shape index (κ3) is 3.93. The number of benzene rings is 1. The fourth-order valence-electron chi connectivity index (χ4n) is 2.41. The van der Waals surface area contributed by atoms with Crippen LogP contribution in [0.1, 0.15) is 19.8 Å². The van der Waals surface area contributed by atoms with Crippen molar-refractivity contribution >= 4 is 11.9 Å². The number of carboxylic acids is 1. The fourth-order valence-corrected chi connectivity index (χ4v) is 2.41. The van der Waals surface area contributed by atoms with E-state index in [1.165, 1.54) is 24.3 Å². The smallest absolute Gasteiger partial charge is 0.308 e. The van der Waals surface area contributed by atoms with Crippen LogP contribution >= 0.6 is 0 Å². The first-order valence-electron chi connectivity index (χ1n) is 6.88. The highest BCUT2D eigenvalue weighted by molar-refractivity contribution is 5.79. The summed E-state index contributed by atoms with van der Waals surface area (Å²) in [6, 6.07) is 5.41. The Morgan fingerprint density at radius 2 is 2.00 bits per heavy atom. The van der Waals surface area contributed by atoms with Crippen molar-refractivity contribution in [3.05, 3.63) is 30.1 Å². The number of nitrogens with zero attached hydrogens (tertiary/aromatic N) is 1. The molecule has 2 unspecified atom stereocenters. The molecule has 0 aliphatic carbocycles. The van der Waals surface area contributed by atoms with E-state index < -0.39 is 11.9 Å². The molecule has 2 atom stereocenters. The van der Waals surface area contributed by atoms with E-state index in [1.54, 1.807) is 4.90 Å². The number of carbonyl (C=O) groups is 2. The molecule has 1 aliphatic rings. The van der Waals surface area contributed by atoms with Crippen molar-refractivity contribution in [3.8, 4) is 5.75 Å². The first-order chi connectivity index (χ1) is 9.97. The molecule has 1 heterocycles. The number of likely N-dealkylation sites (tertiary alicyclic amines) is 1. The molecule has 21 heavy (non-hydrogen) atoms. The molecule has 0 bridgehead atoms. The molecule has 0 saturated carbocycles. The van der Waals surface area contributed by atoms with E-state index in [-0.39, 0.29) is 30.9 Å². The number of ether oxygens (including phenoxy) is 1. The Balaban J connectivity index is 1.92. The zero-order valence-electron chi connectivity index (χ0n) is 11.8. The minimum atomic E-state index is -0.876. The number of hydrogen-bond donors (Lipinski definition) is 1. The summed E-state index contributed by atoms with van der Waals surface area (Å²) in [5.41, 5.74) is 0. The third-order valence-electron chi connectivity index (χ3n) is 3.73. The van der Waals surface area contributed by atoms with Gasteiger partial charge in [-0.15, -0.1) is 0 Å². The second-order valence-corrected chi connectivity index (χ2v) is 5.25. The van der Waals surface area contributed by atoms with Gasteiger partial charge in [-0.2, -0.15) is 0 Å². The molecular formula is C15H18FNO4.